The monoisotopic (exact) mass is 421 g/mol. The van der Waals surface area contributed by atoms with Crippen molar-refractivity contribution in [2.75, 3.05) is 0 Å². The van der Waals surface area contributed by atoms with Gasteiger partial charge in [-0.3, -0.25) is 15.1 Å². The second-order valence-corrected chi connectivity index (χ2v) is 7.58. The number of benzene rings is 2. The Morgan fingerprint density at radius 3 is 2.53 bits per heavy atom. The van der Waals surface area contributed by atoms with Crippen molar-refractivity contribution in [2.45, 2.75) is 0 Å². The number of rotatable bonds is 3. The van der Waals surface area contributed by atoms with Gasteiger partial charge in [0.1, 0.15) is 17.3 Å². The van der Waals surface area contributed by atoms with Crippen LogP contribution in [0.1, 0.15) is 0 Å². The summed E-state index contributed by atoms with van der Waals surface area (Å²) < 4.78 is 13.9. The van der Waals surface area contributed by atoms with E-state index in [9.17, 15) is 9.50 Å². The van der Waals surface area contributed by atoms with E-state index in [2.05, 4.69) is 31.2 Å². The second kappa shape index (κ2) is 7.02. The largest absolute Gasteiger partial charge is 0.508 e. The number of H-pyrrole nitrogens is 2. The predicted molar refractivity (Wildman–Crippen MR) is 121 cm³/mol. The smallest absolute Gasteiger partial charge is 0.127 e. The molecule has 0 radical (unpaired) electrons. The molecule has 3 N–H and O–H groups in total. The maximum Gasteiger partial charge on any atom is 0.127 e. The van der Waals surface area contributed by atoms with Gasteiger partial charge in [0.05, 0.1) is 16.9 Å². The van der Waals surface area contributed by atoms with E-state index >= 15 is 0 Å². The Morgan fingerprint density at radius 1 is 0.781 bits per heavy atom. The van der Waals surface area contributed by atoms with Crippen LogP contribution in [0.3, 0.4) is 0 Å². The molecule has 7 heteroatoms. The highest BCUT2D eigenvalue weighted by Crippen LogP contribution is 2.35. The topological polar surface area (TPSA) is 90.5 Å². The molecule has 0 atom stereocenters. The van der Waals surface area contributed by atoms with Gasteiger partial charge in [-0.05, 0) is 48.0 Å². The zero-order valence-electron chi connectivity index (χ0n) is 16.7. The number of nitrogens with one attached hydrogen (secondary N) is 2. The van der Waals surface area contributed by atoms with Crippen LogP contribution in [0, 0.1) is 5.82 Å². The van der Waals surface area contributed by atoms with Crippen molar-refractivity contribution in [1.82, 2.24) is 25.1 Å². The molecule has 154 valence electrons. The van der Waals surface area contributed by atoms with E-state index in [1.54, 1.807) is 12.4 Å². The summed E-state index contributed by atoms with van der Waals surface area (Å²) in [6.45, 7) is 0. The minimum Gasteiger partial charge on any atom is -0.508 e. The molecule has 4 aromatic heterocycles. The molecule has 6 nitrogen and oxygen atoms in total. The van der Waals surface area contributed by atoms with Gasteiger partial charge < -0.3 is 10.1 Å². The Kier molecular flexibility index (Phi) is 4.01. The van der Waals surface area contributed by atoms with Crippen LogP contribution in [0.25, 0.3) is 55.6 Å². The molecule has 0 aliphatic rings. The number of fused-ring (bicyclic) bond motifs is 2. The van der Waals surface area contributed by atoms with Crippen LogP contribution in [0.2, 0.25) is 0 Å². The van der Waals surface area contributed by atoms with E-state index in [0.29, 0.717) is 11.3 Å². The number of halogens is 1. The molecule has 0 aliphatic heterocycles. The lowest BCUT2D eigenvalue weighted by Gasteiger charge is -2.03. The van der Waals surface area contributed by atoms with Crippen LogP contribution in [0.4, 0.5) is 4.39 Å². The van der Waals surface area contributed by atoms with Crippen LogP contribution >= 0.6 is 0 Å². The van der Waals surface area contributed by atoms with E-state index in [1.807, 2.05) is 42.6 Å². The van der Waals surface area contributed by atoms with Gasteiger partial charge in [-0.2, -0.15) is 5.10 Å². The van der Waals surface area contributed by atoms with Gasteiger partial charge in [0.2, 0.25) is 0 Å². The number of aromatic amines is 2. The molecule has 32 heavy (non-hydrogen) atoms. The Bertz CT molecular complexity index is 1580. The summed E-state index contributed by atoms with van der Waals surface area (Å²) >= 11 is 0. The predicted octanol–water partition coefficient (Wildman–Crippen LogP) is 5.68. The Balaban J connectivity index is 1.52. The van der Waals surface area contributed by atoms with Crippen molar-refractivity contribution in [2.24, 2.45) is 0 Å². The maximum atomic E-state index is 13.9. The zero-order chi connectivity index (χ0) is 21.7. The number of aromatic hydroxyl groups is 1. The summed E-state index contributed by atoms with van der Waals surface area (Å²) in [7, 11) is 0. The average Bonchev–Trinajstić information content (AvgIpc) is 3.42. The fraction of sp³-hybridized carbons (Fsp3) is 0. The van der Waals surface area contributed by atoms with Crippen molar-refractivity contribution in [1.29, 1.82) is 0 Å². The highest BCUT2D eigenvalue weighted by atomic mass is 19.1. The molecule has 0 amide bonds. The molecular weight excluding hydrogens is 405 g/mol. The van der Waals surface area contributed by atoms with Gasteiger partial charge in [0.15, 0.2) is 0 Å². The summed E-state index contributed by atoms with van der Waals surface area (Å²) in [6.07, 6.45) is 5.24. The zero-order valence-corrected chi connectivity index (χ0v) is 16.7. The van der Waals surface area contributed by atoms with E-state index in [4.69, 9.17) is 0 Å². The summed E-state index contributed by atoms with van der Waals surface area (Å²) in [5, 5.41) is 19.2. The first-order valence-electron chi connectivity index (χ1n) is 10.0. The van der Waals surface area contributed by atoms with Crippen molar-refractivity contribution in [3.63, 3.8) is 0 Å². The fourth-order valence-corrected chi connectivity index (χ4v) is 4.05. The molecule has 2 aromatic carbocycles. The second-order valence-electron chi connectivity index (χ2n) is 7.58. The fourth-order valence-electron chi connectivity index (χ4n) is 4.05. The Hall–Kier alpha value is -4.52. The van der Waals surface area contributed by atoms with Crippen LogP contribution in [0.5, 0.6) is 5.75 Å². The van der Waals surface area contributed by atoms with Crippen molar-refractivity contribution < 1.29 is 9.50 Å². The highest BCUT2D eigenvalue weighted by Gasteiger charge is 2.15. The number of phenols is 1. The quantitative estimate of drug-likeness (QED) is 0.343. The first kappa shape index (κ1) is 18.3. The third-order valence-electron chi connectivity index (χ3n) is 5.52. The molecule has 0 fully saturated rings. The minimum absolute atomic E-state index is 0.143. The summed E-state index contributed by atoms with van der Waals surface area (Å²) in [4.78, 5) is 12.0. The first-order chi connectivity index (χ1) is 15.7. The summed E-state index contributed by atoms with van der Waals surface area (Å²) in [6, 6.07) is 17.8. The highest BCUT2D eigenvalue weighted by molar-refractivity contribution is 6.00. The number of phenolic OH excluding ortho intramolecular Hbond substituents is 1. The molecule has 0 unspecified atom stereocenters. The van der Waals surface area contributed by atoms with Crippen molar-refractivity contribution in [3.8, 4) is 39.5 Å². The van der Waals surface area contributed by atoms with Crippen molar-refractivity contribution in [3.05, 3.63) is 85.1 Å². The number of hydrogen-bond acceptors (Lipinski definition) is 4. The number of nitrogens with zero attached hydrogens (tertiary/aromatic N) is 3. The third kappa shape index (κ3) is 2.99. The molecular formula is C25H16FN5O. The maximum absolute atomic E-state index is 13.9. The van der Waals surface area contributed by atoms with Gasteiger partial charge in [0, 0.05) is 52.1 Å². The molecule has 6 rings (SSSR count). The molecule has 0 bridgehead atoms. The van der Waals surface area contributed by atoms with Crippen LogP contribution in [-0.2, 0) is 0 Å². The van der Waals surface area contributed by atoms with Crippen molar-refractivity contribution >= 4 is 21.8 Å². The molecule has 0 saturated carbocycles. The molecule has 4 heterocycles. The van der Waals surface area contributed by atoms with E-state index in [1.165, 1.54) is 12.1 Å². The lowest BCUT2D eigenvalue weighted by molar-refractivity contribution is 0.469. The lowest BCUT2D eigenvalue weighted by atomic mass is 10.0. The van der Waals surface area contributed by atoms with E-state index in [0.717, 1.165) is 50.4 Å². The SMILES string of the molecule is Oc1cc(F)cc(-c2nccc3[nH]c(-c4n[nH]c5ccc(-c6cccnc6)cc45)cc23)c1. The van der Waals surface area contributed by atoms with Gasteiger partial charge in [0.25, 0.3) is 0 Å². The average molecular weight is 421 g/mol. The summed E-state index contributed by atoms with van der Waals surface area (Å²) in [5.41, 5.74) is 6.49. The number of pyridine rings is 2. The normalized spacial score (nSPS) is 11.4. The molecule has 0 spiro atoms. The lowest BCUT2D eigenvalue weighted by Crippen LogP contribution is -1.85. The van der Waals surface area contributed by atoms with Crippen LogP contribution in [-0.4, -0.2) is 30.3 Å². The van der Waals surface area contributed by atoms with Gasteiger partial charge in [-0.1, -0.05) is 12.1 Å². The molecule has 6 aromatic rings. The van der Waals surface area contributed by atoms with E-state index < -0.39 is 5.82 Å². The Labute approximate surface area is 181 Å². The van der Waals surface area contributed by atoms with Gasteiger partial charge >= 0.3 is 0 Å². The Morgan fingerprint density at radius 2 is 1.69 bits per heavy atom. The van der Waals surface area contributed by atoms with Gasteiger partial charge in [-0.25, -0.2) is 4.39 Å². The van der Waals surface area contributed by atoms with Crippen LogP contribution < -0.4 is 0 Å². The van der Waals surface area contributed by atoms with Crippen LogP contribution in [0.15, 0.2) is 79.3 Å². The minimum atomic E-state index is -0.518. The number of aromatic nitrogens is 5. The molecule has 0 aliphatic carbocycles. The standard InChI is InChI=1S/C25H16FN5O/c26-17-8-16(9-18(32)11-17)24-20-12-23(29-21(20)5-7-28-24)25-19-10-14(3-4-22(19)30-31-25)15-2-1-6-27-13-15/h1-13,29,32H,(H,30,31). The number of hydrogen-bond donors (Lipinski definition) is 3. The first-order valence-corrected chi connectivity index (χ1v) is 10.0. The molecule has 0 saturated heterocycles. The van der Waals surface area contributed by atoms with E-state index in [-0.39, 0.29) is 5.75 Å². The van der Waals surface area contributed by atoms with Gasteiger partial charge in [-0.15, -0.1) is 0 Å². The summed E-state index contributed by atoms with van der Waals surface area (Å²) in [5.74, 6) is -0.661. The third-order valence-corrected chi connectivity index (χ3v) is 5.52.